The van der Waals surface area contributed by atoms with Gasteiger partial charge in [-0.1, -0.05) is 0 Å². The molecule has 0 spiro atoms. The zero-order valence-corrected chi connectivity index (χ0v) is 12.1. The number of ether oxygens (including phenoxy) is 1. The Labute approximate surface area is 122 Å². The van der Waals surface area contributed by atoms with E-state index in [1.54, 1.807) is 4.90 Å². The maximum absolute atomic E-state index is 13.0. The lowest BCUT2D eigenvalue weighted by Gasteiger charge is -2.16. The summed E-state index contributed by atoms with van der Waals surface area (Å²) in [5.41, 5.74) is -0.0385. The number of alkyl halides is 2. The van der Waals surface area contributed by atoms with Crippen molar-refractivity contribution in [3.63, 3.8) is 0 Å². The van der Waals surface area contributed by atoms with Crippen LogP contribution >= 0.6 is 15.9 Å². The molecule has 0 saturated carbocycles. The summed E-state index contributed by atoms with van der Waals surface area (Å²) in [6.45, 7) is 0.779. The second kappa shape index (κ2) is 6.01. The fourth-order valence-corrected chi connectivity index (χ4v) is 2.48. The molecule has 1 aromatic rings. The Morgan fingerprint density at radius 1 is 1.50 bits per heavy atom. The second-order valence-electron chi connectivity index (χ2n) is 4.60. The number of nitrogens with zero attached hydrogens (tertiary/aromatic N) is 2. The van der Waals surface area contributed by atoms with E-state index in [-0.39, 0.29) is 25.3 Å². The molecule has 2 rings (SSSR count). The summed E-state index contributed by atoms with van der Waals surface area (Å²) in [5.74, 6) is -2.14. The zero-order valence-electron chi connectivity index (χ0n) is 10.5. The highest BCUT2D eigenvalue weighted by Gasteiger charge is 2.37. The molecule has 1 aliphatic heterocycles. The molecule has 1 saturated heterocycles. The van der Waals surface area contributed by atoms with E-state index in [2.05, 4.69) is 15.9 Å². The van der Waals surface area contributed by atoms with Crippen molar-refractivity contribution in [3.8, 4) is 5.75 Å². The Kier molecular flexibility index (Phi) is 4.54. The summed E-state index contributed by atoms with van der Waals surface area (Å²) < 4.78 is 31.9. The molecule has 1 aromatic carbocycles. The van der Waals surface area contributed by atoms with E-state index in [9.17, 15) is 18.9 Å². The molecule has 20 heavy (non-hydrogen) atoms. The van der Waals surface area contributed by atoms with Crippen LogP contribution in [0.3, 0.4) is 0 Å². The van der Waals surface area contributed by atoms with Crippen LogP contribution < -0.4 is 4.74 Å². The van der Waals surface area contributed by atoms with Gasteiger partial charge in [-0.25, -0.2) is 8.78 Å². The molecule has 0 aliphatic carbocycles. The van der Waals surface area contributed by atoms with Gasteiger partial charge in [0, 0.05) is 31.6 Å². The van der Waals surface area contributed by atoms with E-state index in [1.165, 1.54) is 18.2 Å². The van der Waals surface area contributed by atoms with Crippen molar-refractivity contribution >= 4 is 21.6 Å². The number of rotatable bonds is 5. The van der Waals surface area contributed by atoms with E-state index in [0.29, 0.717) is 23.3 Å². The van der Waals surface area contributed by atoms with Crippen molar-refractivity contribution in [2.75, 3.05) is 26.2 Å². The summed E-state index contributed by atoms with van der Waals surface area (Å²) in [6.07, 6.45) is -0.117. The van der Waals surface area contributed by atoms with Crippen LogP contribution in [0.4, 0.5) is 14.5 Å². The van der Waals surface area contributed by atoms with Crippen molar-refractivity contribution in [1.82, 2.24) is 4.90 Å². The minimum Gasteiger partial charge on any atom is -0.491 e. The smallest absolute Gasteiger partial charge is 0.270 e. The van der Waals surface area contributed by atoms with Crippen LogP contribution in [0.1, 0.15) is 6.42 Å². The summed E-state index contributed by atoms with van der Waals surface area (Å²) in [4.78, 5) is 11.7. The first-order chi connectivity index (χ1) is 9.37. The first-order valence-electron chi connectivity index (χ1n) is 6.04. The van der Waals surface area contributed by atoms with Gasteiger partial charge >= 0.3 is 0 Å². The number of hydrogen-bond acceptors (Lipinski definition) is 4. The summed E-state index contributed by atoms with van der Waals surface area (Å²) in [7, 11) is 0. The van der Waals surface area contributed by atoms with E-state index in [1.807, 2.05) is 0 Å². The molecule has 1 heterocycles. The summed E-state index contributed by atoms with van der Waals surface area (Å²) >= 11 is 3.18. The largest absolute Gasteiger partial charge is 0.491 e. The maximum Gasteiger partial charge on any atom is 0.270 e. The minimum atomic E-state index is -2.60. The van der Waals surface area contributed by atoms with Crippen molar-refractivity contribution in [3.05, 3.63) is 32.8 Å². The highest BCUT2D eigenvalue weighted by Crippen LogP contribution is 2.29. The molecule has 0 aromatic heterocycles. The van der Waals surface area contributed by atoms with E-state index >= 15 is 0 Å². The van der Waals surface area contributed by atoms with Crippen molar-refractivity contribution in [2.24, 2.45) is 0 Å². The monoisotopic (exact) mass is 350 g/mol. The zero-order chi connectivity index (χ0) is 14.8. The average molecular weight is 351 g/mol. The molecule has 0 radical (unpaired) electrons. The molecule has 0 unspecified atom stereocenters. The Hall–Kier alpha value is -1.28. The fourth-order valence-electron chi connectivity index (χ4n) is 2.00. The van der Waals surface area contributed by atoms with Gasteiger partial charge in [-0.05, 0) is 22.0 Å². The highest BCUT2D eigenvalue weighted by atomic mass is 79.9. The van der Waals surface area contributed by atoms with Gasteiger partial charge in [-0.2, -0.15) is 0 Å². The van der Waals surface area contributed by atoms with Gasteiger partial charge in [0.1, 0.15) is 12.4 Å². The fraction of sp³-hybridized carbons (Fsp3) is 0.500. The van der Waals surface area contributed by atoms with Crippen LogP contribution in [0.15, 0.2) is 22.7 Å². The van der Waals surface area contributed by atoms with Gasteiger partial charge in [0.15, 0.2) is 0 Å². The summed E-state index contributed by atoms with van der Waals surface area (Å²) in [6, 6.07) is 4.17. The van der Waals surface area contributed by atoms with Gasteiger partial charge in [0.05, 0.1) is 15.9 Å². The lowest BCUT2D eigenvalue weighted by molar-refractivity contribution is -0.385. The number of halogens is 3. The van der Waals surface area contributed by atoms with Crippen LogP contribution in [0.25, 0.3) is 0 Å². The molecule has 1 aliphatic rings. The number of nitro groups is 1. The molecule has 0 N–H and O–H groups in total. The van der Waals surface area contributed by atoms with E-state index < -0.39 is 10.8 Å². The van der Waals surface area contributed by atoms with Gasteiger partial charge in [0.25, 0.3) is 11.6 Å². The molecular formula is C12H13BrF2N2O3. The van der Waals surface area contributed by atoms with E-state index in [0.717, 1.165) is 0 Å². The Morgan fingerprint density at radius 3 is 2.80 bits per heavy atom. The minimum absolute atomic E-state index is 0.0385. The first kappa shape index (κ1) is 15.1. The molecule has 5 nitrogen and oxygen atoms in total. The van der Waals surface area contributed by atoms with Gasteiger partial charge in [0.2, 0.25) is 0 Å². The molecule has 110 valence electrons. The average Bonchev–Trinajstić information content (AvgIpc) is 2.70. The second-order valence-corrected chi connectivity index (χ2v) is 5.46. The number of benzene rings is 1. The van der Waals surface area contributed by atoms with Crippen LogP contribution in [0, 0.1) is 10.1 Å². The SMILES string of the molecule is O=[N+]([O-])c1ccc(OCCN2CCC(F)(F)C2)c(Br)c1. The van der Waals surface area contributed by atoms with Gasteiger partial charge in [-0.15, -0.1) is 0 Å². The molecule has 0 atom stereocenters. The first-order valence-corrected chi connectivity index (χ1v) is 6.84. The van der Waals surface area contributed by atoms with E-state index in [4.69, 9.17) is 4.74 Å². The topological polar surface area (TPSA) is 55.6 Å². The number of likely N-dealkylation sites (tertiary alicyclic amines) is 1. The standard InChI is InChI=1S/C12H13BrF2N2O3/c13-10-7-9(17(18)19)1-2-11(10)20-6-5-16-4-3-12(14,15)8-16/h1-2,7H,3-6,8H2. The predicted molar refractivity (Wildman–Crippen MR) is 72.3 cm³/mol. The quantitative estimate of drug-likeness (QED) is 0.604. The Bertz CT molecular complexity index is 513. The van der Waals surface area contributed by atoms with Crippen LogP contribution in [0.2, 0.25) is 0 Å². The third-order valence-electron chi connectivity index (χ3n) is 3.04. The number of nitro benzene ring substituents is 1. The van der Waals surface area contributed by atoms with Gasteiger partial charge in [-0.3, -0.25) is 15.0 Å². The number of hydrogen-bond donors (Lipinski definition) is 0. The third-order valence-corrected chi connectivity index (χ3v) is 3.66. The Morgan fingerprint density at radius 2 is 2.25 bits per heavy atom. The maximum atomic E-state index is 13.0. The van der Waals surface area contributed by atoms with Crippen molar-refractivity contribution < 1.29 is 18.4 Å². The lowest BCUT2D eigenvalue weighted by Crippen LogP contribution is -2.29. The lowest BCUT2D eigenvalue weighted by atomic mass is 10.3. The molecule has 0 amide bonds. The molecule has 1 fully saturated rings. The van der Waals surface area contributed by atoms with Gasteiger partial charge < -0.3 is 4.74 Å². The van der Waals surface area contributed by atoms with Crippen LogP contribution in [0.5, 0.6) is 5.75 Å². The predicted octanol–water partition coefficient (Wildman–Crippen LogP) is 3.08. The van der Waals surface area contributed by atoms with Crippen LogP contribution in [-0.2, 0) is 0 Å². The van der Waals surface area contributed by atoms with Crippen molar-refractivity contribution in [1.29, 1.82) is 0 Å². The third kappa shape index (κ3) is 3.86. The number of non-ortho nitro benzene ring substituents is 1. The highest BCUT2D eigenvalue weighted by molar-refractivity contribution is 9.10. The molecule has 0 bridgehead atoms. The Balaban J connectivity index is 1.84. The summed E-state index contributed by atoms with van der Waals surface area (Å²) in [5, 5.41) is 10.6. The normalized spacial score (nSPS) is 18.1. The molecular weight excluding hydrogens is 338 g/mol. The molecule has 8 heteroatoms. The van der Waals surface area contributed by atoms with Crippen LogP contribution in [-0.4, -0.2) is 42.0 Å². The van der Waals surface area contributed by atoms with Crippen molar-refractivity contribution in [2.45, 2.75) is 12.3 Å².